The first-order valence-corrected chi connectivity index (χ1v) is 9.93. The number of nitrogens with zero attached hydrogens (tertiary/aromatic N) is 1. The van der Waals surface area contributed by atoms with Crippen molar-refractivity contribution in [1.29, 1.82) is 0 Å². The van der Waals surface area contributed by atoms with Gasteiger partial charge in [-0.25, -0.2) is 4.79 Å². The predicted octanol–water partition coefficient (Wildman–Crippen LogP) is 2.90. The van der Waals surface area contributed by atoms with Crippen LogP contribution in [0.4, 0.5) is 0 Å². The Bertz CT molecular complexity index is 944. The molecule has 1 aliphatic rings. The summed E-state index contributed by atoms with van der Waals surface area (Å²) in [6, 6.07) is 11.9. The lowest BCUT2D eigenvalue weighted by Crippen LogP contribution is -2.45. The third-order valence-corrected chi connectivity index (χ3v) is 5.10. The quantitative estimate of drug-likeness (QED) is 0.447. The zero-order valence-corrected chi connectivity index (χ0v) is 17.8. The second kappa shape index (κ2) is 9.97. The van der Waals surface area contributed by atoms with Crippen molar-refractivity contribution >= 4 is 17.6 Å². The smallest absolute Gasteiger partial charge is 0.326 e. The van der Waals surface area contributed by atoms with Crippen molar-refractivity contribution in [3.63, 3.8) is 0 Å². The van der Waals surface area contributed by atoms with Gasteiger partial charge in [-0.2, -0.15) is 0 Å². The van der Waals surface area contributed by atoms with Crippen LogP contribution in [-0.4, -0.2) is 50.1 Å². The van der Waals surface area contributed by atoms with E-state index in [0.717, 1.165) is 29.5 Å². The highest BCUT2D eigenvalue weighted by molar-refractivity contribution is 6.40. The zero-order chi connectivity index (χ0) is 22.4. The molecule has 0 radical (unpaired) electrons. The highest BCUT2D eigenvalue weighted by Crippen LogP contribution is 2.38. The van der Waals surface area contributed by atoms with E-state index in [1.807, 2.05) is 42.5 Å². The molecular weight excluding hydrogens is 400 g/mol. The maximum Gasteiger partial charge on any atom is 0.326 e. The van der Waals surface area contributed by atoms with Crippen molar-refractivity contribution in [2.24, 2.45) is 11.1 Å². The number of amides is 1. The number of nitrogens with one attached hydrogen (secondary N) is 1. The summed E-state index contributed by atoms with van der Waals surface area (Å²) in [7, 11) is 4.55. The van der Waals surface area contributed by atoms with E-state index in [1.165, 1.54) is 7.11 Å². The van der Waals surface area contributed by atoms with Crippen LogP contribution in [-0.2, 0) is 20.8 Å². The van der Waals surface area contributed by atoms with E-state index in [0.29, 0.717) is 11.5 Å². The normalized spacial score (nSPS) is 14.5. The molecule has 2 N–H and O–H groups in total. The Morgan fingerprint density at radius 3 is 2.16 bits per heavy atom. The zero-order valence-electron chi connectivity index (χ0n) is 17.8. The molecule has 0 aliphatic heterocycles. The van der Waals surface area contributed by atoms with Crippen LogP contribution in [0.5, 0.6) is 11.5 Å². The van der Waals surface area contributed by atoms with E-state index in [2.05, 4.69) is 10.5 Å². The first-order valence-electron chi connectivity index (χ1n) is 9.93. The van der Waals surface area contributed by atoms with E-state index in [1.54, 1.807) is 14.2 Å². The average Bonchev–Trinajstić information content (AvgIpc) is 3.62. The van der Waals surface area contributed by atoms with Gasteiger partial charge in [0.15, 0.2) is 0 Å². The lowest BCUT2D eigenvalue weighted by Gasteiger charge is -2.16. The van der Waals surface area contributed by atoms with Gasteiger partial charge in [-0.05, 0) is 36.1 Å². The lowest BCUT2D eigenvalue weighted by molar-refractivity contribution is -0.141. The van der Waals surface area contributed by atoms with Crippen LogP contribution < -0.4 is 14.8 Å². The van der Waals surface area contributed by atoms with Crippen molar-refractivity contribution in [2.45, 2.75) is 25.3 Å². The summed E-state index contributed by atoms with van der Waals surface area (Å²) >= 11 is 0. The van der Waals surface area contributed by atoms with Crippen LogP contribution in [0, 0.1) is 5.92 Å². The number of oxime groups is 1. The van der Waals surface area contributed by atoms with Gasteiger partial charge in [-0.15, -0.1) is 0 Å². The van der Waals surface area contributed by atoms with E-state index in [9.17, 15) is 14.7 Å². The molecular formula is C23H26N2O6. The minimum absolute atomic E-state index is 0.0320. The number of hydrogen-bond acceptors (Lipinski definition) is 6. The fraction of sp³-hybridized carbons (Fsp3) is 0.348. The van der Waals surface area contributed by atoms with Crippen LogP contribution in [0.1, 0.15) is 18.4 Å². The summed E-state index contributed by atoms with van der Waals surface area (Å²) in [5, 5.41) is 15.9. The Balaban J connectivity index is 1.77. The number of carbonyl (C=O) groups excluding carboxylic acids is 1. The Hall–Kier alpha value is -3.55. The Morgan fingerprint density at radius 2 is 1.68 bits per heavy atom. The van der Waals surface area contributed by atoms with E-state index in [4.69, 9.17) is 14.3 Å². The maximum absolute atomic E-state index is 12.5. The number of ether oxygens (including phenoxy) is 2. The van der Waals surface area contributed by atoms with Gasteiger partial charge in [0.2, 0.25) is 0 Å². The van der Waals surface area contributed by atoms with Crippen molar-refractivity contribution in [3.8, 4) is 22.6 Å². The molecule has 1 atom stereocenters. The largest absolute Gasteiger partial charge is 0.496 e. The molecule has 0 unspecified atom stereocenters. The molecule has 0 heterocycles. The fourth-order valence-electron chi connectivity index (χ4n) is 3.37. The monoisotopic (exact) mass is 426 g/mol. The van der Waals surface area contributed by atoms with Gasteiger partial charge in [0.25, 0.3) is 5.91 Å². The van der Waals surface area contributed by atoms with Gasteiger partial charge >= 0.3 is 5.97 Å². The molecule has 164 valence electrons. The number of carbonyl (C=O) groups is 2. The van der Waals surface area contributed by atoms with E-state index >= 15 is 0 Å². The van der Waals surface area contributed by atoms with Gasteiger partial charge in [0, 0.05) is 12.3 Å². The molecule has 8 nitrogen and oxygen atoms in total. The Labute approximate surface area is 180 Å². The minimum atomic E-state index is -1.11. The second-order valence-electron chi connectivity index (χ2n) is 7.24. The highest BCUT2D eigenvalue weighted by Gasteiger charge is 2.34. The van der Waals surface area contributed by atoms with Crippen molar-refractivity contribution < 1.29 is 29.0 Å². The number of benzene rings is 2. The van der Waals surface area contributed by atoms with E-state index in [-0.39, 0.29) is 18.1 Å². The average molecular weight is 426 g/mol. The maximum atomic E-state index is 12.5. The number of carboxylic acid groups (broad SMARTS) is 1. The summed E-state index contributed by atoms with van der Waals surface area (Å²) in [5.74, 6) is -0.242. The van der Waals surface area contributed by atoms with Crippen LogP contribution in [0.25, 0.3) is 11.1 Å². The van der Waals surface area contributed by atoms with Crippen LogP contribution in [0.3, 0.4) is 0 Å². The molecule has 0 saturated heterocycles. The summed E-state index contributed by atoms with van der Waals surface area (Å²) in [6.45, 7) is 0. The van der Waals surface area contributed by atoms with Gasteiger partial charge in [-0.1, -0.05) is 35.5 Å². The lowest BCUT2D eigenvalue weighted by atomic mass is 9.99. The minimum Gasteiger partial charge on any atom is -0.496 e. The molecule has 0 spiro atoms. The predicted molar refractivity (Wildman–Crippen MR) is 115 cm³/mol. The fourth-order valence-corrected chi connectivity index (χ4v) is 3.37. The van der Waals surface area contributed by atoms with Crippen LogP contribution >= 0.6 is 0 Å². The van der Waals surface area contributed by atoms with Crippen molar-refractivity contribution in [3.05, 3.63) is 48.0 Å². The molecule has 1 aliphatic carbocycles. The Morgan fingerprint density at radius 1 is 1.06 bits per heavy atom. The van der Waals surface area contributed by atoms with Crippen LogP contribution in [0.2, 0.25) is 0 Å². The van der Waals surface area contributed by atoms with E-state index < -0.39 is 17.9 Å². The summed E-state index contributed by atoms with van der Waals surface area (Å²) < 4.78 is 10.9. The van der Waals surface area contributed by atoms with Gasteiger partial charge in [0.05, 0.1) is 19.8 Å². The standard InChI is InChI=1S/C23H26N2O6/c1-29-18-5-4-6-19(30-2)20(18)15-9-7-14(8-10-15)13-17(23(27)28)24-22(26)21(25-31-3)16-11-12-16/h4-10,16-17H,11-13H2,1-3H3,(H,24,26)(H,27,28)/t17-/m0/s1. The van der Waals surface area contributed by atoms with Crippen LogP contribution in [0.15, 0.2) is 47.6 Å². The SMILES string of the molecule is CON=C(C(=O)N[C@@H](Cc1ccc(-c2c(OC)cccc2OC)cc1)C(=O)O)C1CC1. The van der Waals surface area contributed by atoms with Gasteiger partial charge in [0.1, 0.15) is 30.4 Å². The summed E-state index contributed by atoms with van der Waals surface area (Å²) in [4.78, 5) is 29.0. The molecule has 3 rings (SSSR count). The molecule has 0 aromatic heterocycles. The number of carboxylic acids is 1. The molecule has 1 amide bonds. The van der Waals surface area contributed by atoms with Crippen molar-refractivity contribution in [2.75, 3.05) is 21.3 Å². The molecule has 0 bridgehead atoms. The molecule has 1 fully saturated rings. The number of methoxy groups -OCH3 is 2. The Kier molecular flexibility index (Phi) is 7.12. The molecule has 2 aromatic carbocycles. The first kappa shape index (κ1) is 22.1. The summed E-state index contributed by atoms with van der Waals surface area (Å²) in [5.41, 5.74) is 2.69. The number of hydrogen-bond donors (Lipinski definition) is 2. The molecule has 2 aromatic rings. The highest BCUT2D eigenvalue weighted by atomic mass is 16.6. The second-order valence-corrected chi connectivity index (χ2v) is 7.24. The third kappa shape index (κ3) is 5.33. The topological polar surface area (TPSA) is 106 Å². The third-order valence-electron chi connectivity index (χ3n) is 5.10. The van der Waals surface area contributed by atoms with Gasteiger partial charge < -0.3 is 24.7 Å². The van der Waals surface area contributed by atoms with Gasteiger partial charge in [-0.3, -0.25) is 4.79 Å². The number of aliphatic carboxylic acids is 1. The first-order chi connectivity index (χ1) is 15.0. The van der Waals surface area contributed by atoms with Crippen molar-refractivity contribution in [1.82, 2.24) is 5.32 Å². The number of rotatable bonds is 10. The summed E-state index contributed by atoms with van der Waals surface area (Å²) in [6.07, 6.45) is 1.83. The molecule has 1 saturated carbocycles. The molecule has 31 heavy (non-hydrogen) atoms. The molecule has 8 heteroatoms.